The number of fused-ring (bicyclic) bond motifs is 1. The molecule has 0 saturated heterocycles. The lowest BCUT2D eigenvalue weighted by atomic mass is 10.1. The van der Waals surface area contributed by atoms with Gasteiger partial charge in [0.15, 0.2) is 11.3 Å². The third-order valence-electron chi connectivity index (χ3n) is 3.73. The van der Waals surface area contributed by atoms with Crippen LogP contribution in [0, 0.1) is 6.92 Å². The van der Waals surface area contributed by atoms with Gasteiger partial charge in [0.1, 0.15) is 22.8 Å². The zero-order valence-corrected chi connectivity index (χ0v) is 14.1. The van der Waals surface area contributed by atoms with E-state index in [1.54, 1.807) is 30.3 Å². The van der Waals surface area contributed by atoms with Crippen LogP contribution in [0.4, 0.5) is 0 Å². The van der Waals surface area contributed by atoms with Crippen LogP contribution in [-0.4, -0.2) is 24.3 Å². The molecule has 3 rings (SSSR count). The zero-order valence-electron chi connectivity index (χ0n) is 14.1. The van der Waals surface area contributed by atoms with Gasteiger partial charge in [-0.1, -0.05) is 6.07 Å². The average Bonchev–Trinajstić information content (AvgIpc) is 2.62. The number of methoxy groups -OCH3 is 2. The molecule has 1 heterocycles. The van der Waals surface area contributed by atoms with Crippen molar-refractivity contribution in [1.82, 2.24) is 4.98 Å². The third-order valence-corrected chi connectivity index (χ3v) is 3.73. The lowest BCUT2D eigenvalue weighted by molar-refractivity contribution is 0.391. The first kappa shape index (κ1) is 16.6. The summed E-state index contributed by atoms with van der Waals surface area (Å²) in [6.45, 7) is 1.92. The van der Waals surface area contributed by atoms with Crippen LogP contribution in [0.1, 0.15) is 16.8 Å². The molecule has 0 fully saturated rings. The fourth-order valence-electron chi connectivity index (χ4n) is 2.44. The van der Waals surface area contributed by atoms with Gasteiger partial charge >= 0.3 is 5.63 Å². The summed E-state index contributed by atoms with van der Waals surface area (Å²) >= 11 is 0. The van der Waals surface area contributed by atoms with Crippen LogP contribution in [0.5, 0.6) is 11.5 Å². The van der Waals surface area contributed by atoms with Gasteiger partial charge in [0.25, 0.3) is 0 Å². The van der Waals surface area contributed by atoms with Gasteiger partial charge in [-0.05, 0) is 36.8 Å². The molecule has 0 bridgehead atoms. The number of benzene rings is 2. The molecule has 1 N–H and O–H groups in total. The van der Waals surface area contributed by atoms with Gasteiger partial charge in [0.05, 0.1) is 19.8 Å². The van der Waals surface area contributed by atoms with Gasteiger partial charge in [-0.2, -0.15) is 0 Å². The summed E-state index contributed by atoms with van der Waals surface area (Å²) in [5.41, 5.74) is 1.72. The van der Waals surface area contributed by atoms with Crippen molar-refractivity contribution in [2.24, 2.45) is 0 Å². The van der Waals surface area contributed by atoms with Gasteiger partial charge in [-0.3, -0.25) is 0 Å². The van der Waals surface area contributed by atoms with E-state index in [0.29, 0.717) is 28.2 Å². The van der Waals surface area contributed by atoms with Gasteiger partial charge in [0, 0.05) is 12.1 Å². The number of ether oxygens (including phenoxy) is 2. The molecule has 0 aliphatic rings. The Morgan fingerprint density at radius 1 is 1.16 bits per heavy atom. The van der Waals surface area contributed by atoms with E-state index < -0.39 is 5.63 Å². The molecule has 2 aromatic carbocycles. The number of rotatable bonds is 4. The monoisotopic (exact) mass is 339 g/mol. The molecule has 0 atom stereocenters. The maximum absolute atomic E-state index is 12.1. The maximum Gasteiger partial charge on any atom is 0.362 e. The summed E-state index contributed by atoms with van der Waals surface area (Å²) in [7, 11) is 3.02. The number of nitrogens with zero attached hydrogens (tertiary/aromatic N) is 1. The van der Waals surface area contributed by atoms with E-state index in [4.69, 9.17) is 13.9 Å². The molecule has 0 unspecified atom stereocenters. The number of hydrogen-bond acceptors (Lipinski definition) is 6. The van der Waals surface area contributed by atoms with Crippen molar-refractivity contribution in [3.63, 3.8) is 0 Å². The highest BCUT2D eigenvalue weighted by Gasteiger charge is 2.12. The summed E-state index contributed by atoms with van der Waals surface area (Å²) in [5, 5.41) is 10.4. The first-order valence-electron chi connectivity index (χ1n) is 7.56. The van der Waals surface area contributed by atoms with Crippen molar-refractivity contribution in [3.8, 4) is 11.5 Å². The molecule has 6 heteroatoms. The van der Waals surface area contributed by atoms with Crippen LogP contribution in [0.15, 0.2) is 45.6 Å². The molecule has 0 aliphatic heterocycles. The van der Waals surface area contributed by atoms with E-state index in [0.717, 1.165) is 5.56 Å². The van der Waals surface area contributed by atoms with Crippen LogP contribution >= 0.6 is 0 Å². The first-order valence-corrected chi connectivity index (χ1v) is 7.56. The second-order valence-electron chi connectivity index (χ2n) is 5.45. The summed E-state index contributed by atoms with van der Waals surface area (Å²) < 4.78 is 15.6. The Hall–Kier alpha value is -3.28. The van der Waals surface area contributed by atoms with Crippen molar-refractivity contribution >= 4 is 22.9 Å². The Labute approximate surface area is 144 Å². The first-order chi connectivity index (χ1) is 12.0. The highest BCUT2D eigenvalue weighted by Crippen LogP contribution is 2.29. The number of aliphatic hydroxyl groups excluding tert-OH is 1. The zero-order chi connectivity index (χ0) is 18.0. The van der Waals surface area contributed by atoms with Gasteiger partial charge in [-0.15, -0.1) is 0 Å². The van der Waals surface area contributed by atoms with Gasteiger partial charge < -0.3 is 19.0 Å². The summed E-state index contributed by atoms with van der Waals surface area (Å²) in [6.07, 6.45) is 1.26. The molecule has 3 aromatic rings. The fraction of sp³-hybridized carbons (Fsp3) is 0.158. The van der Waals surface area contributed by atoms with Crippen LogP contribution in [0.25, 0.3) is 22.9 Å². The van der Waals surface area contributed by atoms with Crippen molar-refractivity contribution in [1.29, 1.82) is 0 Å². The Kier molecular flexibility index (Phi) is 4.43. The van der Waals surface area contributed by atoms with Gasteiger partial charge in [-0.25, -0.2) is 9.78 Å². The molecule has 0 saturated carbocycles. The molecule has 25 heavy (non-hydrogen) atoms. The van der Waals surface area contributed by atoms with E-state index in [9.17, 15) is 9.90 Å². The predicted octanol–water partition coefficient (Wildman–Crippen LogP) is 3.57. The summed E-state index contributed by atoms with van der Waals surface area (Å²) in [6, 6.07) is 10.3. The standard InChI is InChI=1S/C19H17NO5/c1-11-4-7-17-14(8-11)20-15(19(22)25-17)10-16(21)13-6-5-12(23-2)9-18(13)24-3/h4-10,21H,1-3H3. The molecule has 0 radical (unpaired) electrons. The fourth-order valence-corrected chi connectivity index (χ4v) is 2.44. The van der Waals surface area contributed by atoms with Crippen LogP contribution in [0.2, 0.25) is 0 Å². The Morgan fingerprint density at radius 3 is 2.68 bits per heavy atom. The van der Waals surface area contributed by atoms with Crippen molar-refractivity contribution in [3.05, 3.63) is 63.6 Å². The molecule has 0 aliphatic carbocycles. The van der Waals surface area contributed by atoms with Crippen LogP contribution in [0.3, 0.4) is 0 Å². The Balaban J connectivity index is 2.09. The Bertz CT molecular complexity index is 1020. The molecular weight excluding hydrogens is 322 g/mol. The number of aliphatic hydroxyl groups is 1. The smallest absolute Gasteiger partial charge is 0.362 e. The SMILES string of the molecule is COc1ccc(C(O)=Cc2nc3cc(C)ccc3oc2=O)c(OC)c1. The average molecular weight is 339 g/mol. The summed E-state index contributed by atoms with van der Waals surface area (Å²) in [4.78, 5) is 16.4. The molecule has 1 aromatic heterocycles. The van der Waals surface area contributed by atoms with Crippen molar-refractivity contribution < 1.29 is 19.0 Å². The van der Waals surface area contributed by atoms with E-state index in [1.165, 1.54) is 20.3 Å². The number of aryl methyl sites for hydroxylation is 1. The second-order valence-corrected chi connectivity index (χ2v) is 5.45. The topological polar surface area (TPSA) is 81.8 Å². The van der Waals surface area contributed by atoms with Crippen molar-refractivity contribution in [2.75, 3.05) is 14.2 Å². The van der Waals surface area contributed by atoms with Crippen molar-refractivity contribution in [2.45, 2.75) is 6.92 Å². The lowest BCUT2D eigenvalue weighted by Gasteiger charge is -2.09. The van der Waals surface area contributed by atoms with Crippen LogP contribution < -0.4 is 15.1 Å². The van der Waals surface area contributed by atoms with Crippen LogP contribution in [-0.2, 0) is 0 Å². The highest BCUT2D eigenvalue weighted by molar-refractivity contribution is 5.80. The third kappa shape index (κ3) is 3.33. The normalized spacial score (nSPS) is 11.6. The van der Waals surface area contributed by atoms with E-state index >= 15 is 0 Å². The second kappa shape index (κ2) is 6.68. The minimum atomic E-state index is -0.629. The number of hydrogen-bond donors (Lipinski definition) is 1. The lowest BCUT2D eigenvalue weighted by Crippen LogP contribution is -2.07. The highest BCUT2D eigenvalue weighted by atomic mass is 16.5. The molecule has 0 amide bonds. The molecule has 128 valence electrons. The minimum absolute atomic E-state index is 0.00784. The number of aromatic nitrogens is 1. The molecule has 0 spiro atoms. The maximum atomic E-state index is 12.1. The predicted molar refractivity (Wildman–Crippen MR) is 95.1 cm³/mol. The van der Waals surface area contributed by atoms with E-state index in [2.05, 4.69) is 4.98 Å². The molecular formula is C19H17NO5. The van der Waals surface area contributed by atoms with Gasteiger partial charge in [0.2, 0.25) is 0 Å². The molecule has 6 nitrogen and oxygen atoms in total. The quantitative estimate of drug-likeness (QED) is 0.732. The van der Waals surface area contributed by atoms with E-state index in [-0.39, 0.29) is 11.5 Å². The van der Waals surface area contributed by atoms with E-state index in [1.807, 2.05) is 13.0 Å². The largest absolute Gasteiger partial charge is 0.507 e. The minimum Gasteiger partial charge on any atom is -0.507 e. The summed E-state index contributed by atoms with van der Waals surface area (Å²) in [5.74, 6) is 0.840. The Morgan fingerprint density at radius 2 is 1.96 bits per heavy atom.